The van der Waals surface area contributed by atoms with Gasteiger partial charge in [0.15, 0.2) is 0 Å². The highest BCUT2D eigenvalue weighted by Crippen LogP contribution is 2.21. The Labute approximate surface area is 109 Å². The number of hydrogen-bond donors (Lipinski definition) is 1. The molecule has 0 unspecified atom stereocenters. The number of aromatic nitrogens is 3. The molecule has 0 spiro atoms. The highest BCUT2D eigenvalue weighted by molar-refractivity contribution is 6.32. The van der Waals surface area contributed by atoms with Gasteiger partial charge in [-0.05, 0) is 31.0 Å². The van der Waals surface area contributed by atoms with Gasteiger partial charge in [-0.15, -0.1) is 5.10 Å². The van der Waals surface area contributed by atoms with Gasteiger partial charge in [-0.3, -0.25) is 0 Å². The molecule has 1 saturated carbocycles. The van der Waals surface area contributed by atoms with Crippen molar-refractivity contribution in [1.82, 2.24) is 20.3 Å². The predicted octanol–water partition coefficient (Wildman–Crippen LogP) is 2.31. The highest BCUT2D eigenvalue weighted by atomic mass is 35.5. The summed E-state index contributed by atoms with van der Waals surface area (Å²) in [5.74, 6) is -0.362. The zero-order chi connectivity index (χ0) is 12.5. The number of halogens is 2. The second-order valence-electron chi connectivity index (χ2n) is 4.41. The van der Waals surface area contributed by atoms with E-state index in [0.29, 0.717) is 23.3 Å². The lowest BCUT2D eigenvalue weighted by Gasteiger charge is -2.02. The molecular weight excluding hydrogens is 255 g/mol. The van der Waals surface area contributed by atoms with E-state index in [4.69, 9.17) is 11.6 Å². The van der Waals surface area contributed by atoms with Crippen molar-refractivity contribution in [2.24, 2.45) is 0 Å². The highest BCUT2D eigenvalue weighted by Gasteiger charge is 2.20. The van der Waals surface area contributed by atoms with E-state index in [-0.39, 0.29) is 5.82 Å². The lowest BCUT2D eigenvalue weighted by atomic mass is 10.3. The monoisotopic (exact) mass is 266 g/mol. The van der Waals surface area contributed by atoms with Crippen LogP contribution in [0.15, 0.2) is 24.4 Å². The van der Waals surface area contributed by atoms with Gasteiger partial charge in [-0.1, -0.05) is 16.8 Å². The molecule has 0 bridgehead atoms. The van der Waals surface area contributed by atoms with Crippen molar-refractivity contribution < 1.29 is 4.39 Å². The van der Waals surface area contributed by atoms with E-state index in [2.05, 4.69) is 15.6 Å². The Hall–Kier alpha value is -1.46. The third-order valence-corrected chi connectivity index (χ3v) is 3.15. The molecule has 0 saturated heterocycles. The number of benzene rings is 1. The Morgan fingerprint density at radius 3 is 3.00 bits per heavy atom. The van der Waals surface area contributed by atoms with E-state index < -0.39 is 0 Å². The Balaban J connectivity index is 1.78. The van der Waals surface area contributed by atoms with Gasteiger partial charge < -0.3 is 5.32 Å². The third kappa shape index (κ3) is 2.52. The lowest BCUT2D eigenvalue weighted by molar-refractivity contribution is 0.627. The van der Waals surface area contributed by atoms with E-state index in [9.17, 15) is 4.39 Å². The summed E-state index contributed by atoms with van der Waals surface area (Å²) in [5, 5.41) is 11.7. The van der Waals surface area contributed by atoms with Gasteiger partial charge in [-0.2, -0.15) is 0 Å². The third-order valence-electron chi connectivity index (χ3n) is 2.85. The second-order valence-corrected chi connectivity index (χ2v) is 4.81. The van der Waals surface area contributed by atoms with Crippen molar-refractivity contribution in [2.75, 3.05) is 0 Å². The minimum Gasteiger partial charge on any atom is -0.308 e. The molecule has 0 radical (unpaired) electrons. The zero-order valence-electron chi connectivity index (χ0n) is 9.61. The van der Waals surface area contributed by atoms with E-state index in [0.717, 1.165) is 5.69 Å². The lowest BCUT2D eigenvalue weighted by Crippen LogP contribution is -2.15. The van der Waals surface area contributed by atoms with Gasteiger partial charge in [-0.25, -0.2) is 9.07 Å². The van der Waals surface area contributed by atoms with E-state index in [1.165, 1.54) is 25.0 Å². The minimum atomic E-state index is -0.362. The summed E-state index contributed by atoms with van der Waals surface area (Å²) >= 11 is 5.97. The molecule has 0 aliphatic heterocycles. The predicted molar refractivity (Wildman–Crippen MR) is 66.2 cm³/mol. The van der Waals surface area contributed by atoms with Crippen molar-refractivity contribution in [2.45, 2.75) is 25.4 Å². The summed E-state index contributed by atoms with van der Waals surface area (Å²) in [6, 6.07) is 4.83. The number of nitrogens with zero attached hydrogens (tertiary/aromatic N) is 3. The molecule has 94 valence electrons. The fourth-order valence-corrected chi connectivity index (χ4v) is 1.95. The molecule has 1 aromatic heterocycles. The Bertz CT molecular complexity index is 565. The molecule has 1 heterocycles. The van der Waals surface area contributed by atoms with E-state index in [1.54, 1.807) is 16.9 Å². The van der Waals surface area contributed by atoms with Crippen LogP contribution in [-0.4, -0.2) is 21.0 Å². The van der Waals surface area contributed by atoms with Gasteiger partial charge in [0.1, 0.15) is 5.82 Å². The van der Waals surface area contributed by atoms with Crippen LogP contribution >= 0.6 is 11.6 Å². The van der Waals surface area contributed by atoms with Crippen LogP contribution in [0.3, 0.4) is 0 Å². The molecule has 0 atom stereocenters. The average molecular weight is 267 g/mol. The molecule has 1 aromatic carbocycles. The fraction of sp³-hybridized carbons (Fsp3) is 0.333. The van der Waals surface area contributed by atoms with E-state index >= 15 is 0 Å². The normalized spacial score (nSPS) is 15.0. The molecule has 1 aliphatic carbocycles. The van der Waals surface area contributed by atoms with Crippen LogP contribution in [0.25, 0.3) is 5.69 Å². The maximum Gasteiger partial charge on any atom is 0.124 e. The Morgan fingerprint density at radius 2 is 2.28 bits per heavy atom. The molecule has 3 rings (SSSR count). The largest absolute Gasteiger partial charge is 0.308 e. The number of hydrogen-bond acceptors (Lipinski definition) is 3. The first-order chi connectivity index (χ1) is 8.72. The van der Waals surface area contributed by atoms with Gasteiger partial charge in [0.05, 0.1) is 22.6 Å². The van der Waals surface area contributed by atoms with Gasteiger partial charge >= 0.3 is 0 Å². The summed E-state index contributed by atoms with van der Waals surface area (Å²) in [7, 11) is 0. The topological polar surface area (TPSA) is 42.7 Å². The van der Waals surface area contributed by atoms with Crippen LogP contribution < -0.4 is 5.32 Å². The minimum absolute atomic E-state index is 0.321. The maximum absolute atomic E-state index is 12.9. The standard InChI is InChI=1S/C12H12ClFN4/c13-11-5-8(14)1-4-12(11)18-7-10(16-17-18)6-15-9-2-3-9/h1,4-5,7,9,15H,2-3,6H2. The molecule has 1 aliphatic rings. The molecule has 1 N–H and O–H groups in total. The van der Waals surface area contributed by atoms with Gasteiger partial charge in [0, 0.05) is 12.6 Å². The summed E-state index contributed by atoms with van der Waals surface area (Å²) in [6.45, 7) is 0.698. The Kier molecular flexibility index (Phi) is 3.01. The number of rotatable bonds is 4. The van der Waals surface area contributed by atoms with Crippen LogP contribution in [0.4, 0.5) is 4.39 Å². The molecule has 2 aromatic rings. The summed E-state index contributed by atoms with van der Waals surface area (Å²) in [4.78, 5) is 0. The van der Waals surface area contributed by atoms with Crippen molar-refractivity contribution in [3.63, 3.8) is 0 Å². The van der Waals surface area contributed by atoms with Crippen molar-refractivity contribution in [3.8, 4) is 5.69 Å². The molecule has 4 nitrogen and oxygen atoms in total. The van der Waals surface area contributed by atoms with Crippen molar-refractivity contribution >= 4 is 11.6 Å². The van der Waals surface area contributed by atoms with Crippen molar-refractivity contribution in [1.29, 1.82) is 0 Å². The summed E-state index contributed by atoms with van der Waals surface area (Å²) < 4.78 is 14.5. The van der Waals surface area contributed by atoms with Crippen LogP contribution in [0.1, 0.15) is 18.5 Å². The van der Waals surface area contributed by atoms with Crippen LogP contribution in [-0.2, 0) is 6.54 Å². The van der Waals surface area contributed by atoms with Crippen LogP contribution in [0, 0.1) is 5.82 Å². The Morgan fingerprint density at radius 1 is 1.44 bits per heavy atom. The average Bonchev–Trinajstić information content (AvgIpc) is 3.05. The first-order valence-electron chi connectivity index (χ1n) is 5.82. The first-order valence-corrected chi connectivity index (χ1v) is 6.20. The van der Waals surface area contributed by atoms with E-state index in [1.807, 2.05) is 0 Å². The van der Waals surface area contributed by atoms with Crippen molar-refractivity contribution in [3.05, 3.63) is 40.9 Å². The first kappa shape index (κ1) is 11.6. The number of nitrogens with one attached hydrogen (secondary N) is 1. The van der Waals surface area contributed by atoms with Crippen LogP contribution in [0.2, 0.25) is 5.02 Å². The molecule has 1 fully saturated rings. The second kappa shape index (κ2) is 4.66. The quantitative estimate of drug-likeness (QED) is 0.923. The molecule has 0 amide bonds. The SMILES string of the molecule is Fc1ccc(-n2cc(CNC3CC3)nn2)c(Cl)c1. The van der Waals surface area contributed by atoms with Crippen LogP contribution in [0.5, 0.6) is 0 Å². The maximum atomic E-state index is 12.9. The molecular formula is C12H12ClFN4. The summed E-state index contributed by atoms with van der Waals surface area (Å²) in [5.41, 5.74) is 1.48. The van der Waals surface area contributed by atoms with Gasteiger partial charge in [0.25, 0.3) is 0 Å². The molecule has 18 heavy (non-hydrogen) atoms. The van der Waals surface area contributed by atoms with Gasteiger partial charge in [0.2, 0.25) is 0 Å². The zero-order valence-corrected chi connectivity index (χ0v) is 10.4. The summed E-state index contributed by atoms with van der Waals surface area (Å²) in [6.07, 6.45) is 4.27. The smallest absolute Gasteiger partial charge is 0.124 e. The molecule has 6 heteroatoms. The fourth-order valence-electron chi connectivity index (χ4n) is 1.70.